The van der Waals surface area contributed by atoms with Crippen LogP contribution in [0.1, 0.15) is 56.7 Å². The Kier molecular flexibility index (Phi) is 4.70. The molecule has 2 aromatic rings. The van der Waals surface area contributed by atoms with Crippen molar-refractivity contribution < 1.29 is 12.8 Å². The summed E-state index contributed by atoms with van der Waals surface area (Å²) < 4.78 is 30.8. The molecule has 1 heterocycles. The van der Waals surface area contributed by atoms with Crippen molar-refractivity contribution in [3.63, 3.8) is 0 Å². The van der Waals surface area contributed by atoms with Gasteiger partial charge < -0.3 is 4.42 Å². The van der Waals surface area contributed by atoms with Gasteiger partial charge in [-0.15, -0.1) is 10.2 Å². The third-order valence-electron chi connectivity index (χ3n) is 3.41. The van der Waals surface area contributed by atoms with Crippen LogP contribution in [-0.4, -0.2) is 18.6 Å². The number of benzene rings is 1. The van der Waals surface area contributed by atoms with E-state index in [2.05, 4.69) is 10.2 Å². The highest BCUT2D eigenvalue weighted by Gasteiger charge is 2.29. The molecule has 0 saturated carbocycles. The van der Waals surface area contributed by atoms with E-state index >= 15 is 0 Å². The topological polar surface area (TPSA) is 73.1 Å². The van der Waals surface area contributed by atoms with E-state index in [1.807, 2.05) is 58.0 Å². The minimum Gasteiger partial charge on any atom is -0.424 e. The Bertz CT molecular complexity index is 715. The lowest BCUT2D eigenvalue weighted by Gasteiger charge is -2.15. The molecular formula is C16H22N2O3S. The molecule has 1 aromatic carbocycles. The van der Waals surface area contributed by atoms with Crippen molar-refractivity contribution in [1.29, 1.82) is 0 Å². The van der Waals surface area contributed by atoms with Crippen molar-refractivity contribution in [3.05, 3.63) is 47.7 Å². The first-order chi connectivity index (χ1) is 10.2. The van der Waals surface area contributed by atoms with Gasteiger partial charge in [-0.05, 0) is 12.0 Å². The van der Waals surface area contributed by atoms with Crippen LogP contribution in [0.4, 0.5) is 0 Å². The molecule has 1 unspecified atom stereocenters. The summed E-state index contributed by atoms with van der Waals surface area (Å²) in [5.41, 5.74) is 0.499. The minimum atomic E-state index is -3.41. The predicted octanol–water partition coefficient (Wildman–Crippen LogP) is 3.43. The van der Waals surface area contributed by atoms with Gasteiger partial charge in [-0.3, -0.25) is 0 Å². The molecule has 0 bridgehead atoms. The highest BCUT2D eigenvalue weighted by molar-refractivity contribution is 7.90. The summed E-state index contributed by atoms with van der Waals surface area (Å²) in [5, 5.41) is 7.27. The maximum absolute atomic E-state index is 12.7. The second-order valence-electron chi connectivity index (χ2n) is 6.37. The maximum atomic E-state index is 12.7. The molecule has 1 aromatic heterocycles. The summed E-state index contributed by atoms with van der Waals surface area (Å²) in [6, 6.07) is 9.23. The van der Waals surface area contributed by atoms with Crippen molar-refractivity contribution >= 4 is 9.84 Å². The number of sulfone groups is 1. The molecular weight excluding hydrogens is 300 g/mol. The SMILES string of the molecule is CCC(c1ccccc1)S(=O)(=O)Cc1nnc(C(C)(C)C)o1. The standard InChI is InChI=1S/C16H22N2O3S/c1-5-13(12-9-7-6-8-10-12)22(19,20)11-14-17-18-15(21-14)16(2,3)4/h6-10,13H,5,11H2,1-4H3. The number of aromatic nitrogens is 2. The molecule has 0 aliphatic rings. The van der Waals surface area contributed by atoms with Gasteiger partial charge in [0.2, 0.25) is 11.8 Å². The monoisotopic (exact) mass is 322 g/mol. The van der Waals surface area contributed by atoms with E-state index in [-0.39, 0.29) is 17.1 Å². The number of nitrogens with zero attached hydrogens (tertiary/aromatic N) is 2. The van der Waals surface area contributed by atoms with Gasteiger partial charge in [-0.25, -0.2) is 8.42 Å². The van der Waals surface area contributed by atoms with Crippen LogP contribution in [0.15, 0.2) is 34.7 Å². The van der Waals surface area contributed by atoms with Crippen molar-refractivity contribution in [3.8, 4) is 0 Å². The number of hydrogen-bond donors (Lipinski definition) is 0. The first kappa shape index (κ1) is 16.7. The van der Waals surface area contributed by atoms with Gasteiger partial charge in [-0.1, -0.05) is 58.0 Å². The molecule has 2 rings (SSSR count). The Balaban J connectivity index is 2.25. The molecule has 0 aliphatic carbocycles. The van der Waals surface area contributed by atoms with Crippen LogP contribution in [0, 0.1) is 0 Å². The number of rotatable bonds is 5. The molecule has 0 N–H and O–H groups in total. The third kappa shape index (κ3) is 3.74. The summed E-state index contributed by atoms with van der Waals surface area (Å²) in [6.45, 7) is 7.69. The van der Waals surface area contributed by atoms with E-state index in [0.29, 0.717) is 12.3 Å². The van der Waals surface area contributed by atoms with Crippen molar-refractivity contribution in [2.24, 2.45) is 0 Å². The fourth-order valence-electron chi connectivity index (χ4n) is 2.25. The molecule has 120 valence electrons. The van der Waals surface area contributed by atoms with Crippen LogP contribution in [0.25, 0.3) is 0 Å². The highest BCUT2D eigenvalue weighted by atomic mass is 32.2. The summed E-state index contributed by atoms with van der Waals surface area (Å²) in [4.78, 5) is 0. The zero-order chi connectivity index (χ0) is 16.4. The second kappa shape index (κ2) is 6.20. The average Bonchev–Trinajstić information content (AvgIpc) is 2.88. The van der Waals surface area contributed by atoms with Gasteiger partial charge in [0.25, 0.3) is 0 Å². The Hall–Kier alpha value is -1.69. The highest BCUT2D eigenvalue weighted by Crippen LogP contribution is 2.29. The van der Waals surface area contributed by atoms with Crippen LogP contribution in [0.2, 0.25) is 0 Å². The number of hydrogen-bond acceptors (Lipinski definition) is 5. The van der Waals surface area contributed by atoms with Gasteiger partial charge >= 0.3 is 0 Å². The van der Waals surface area contributed by atoms with E-state index in [0.717, 1.165) is 5.56 Å². The second-order valence-corrected chi connectivity index (χ2v) is 8.55. The van der Waals surface area contributed by atoms with Gasteiger partial charge in [0.15, 0.2) is 9.84 Å². The maximum Gasteiger partial charge on any atom is 0.231 e. The molecule has 0 amide bonds. The van der Waals surface area contributed by atoms with Gasteiger partial charge in [-0.2, -0.15) is 0 Å². The van der Waals surface area contributed by atoms with Crippen molar-refractivity contribution in [2.75, 3.05) is 0 Å². The minimum absolute atomic E-state index is 0.152. The Labute approximate surface area is 131 Å². The van der Waals surface area contributed by atoms with Gasteiger partial charge in [0.05, 0.1) is 5.25 Å². The lowest BCUT2D eigenvalue weighted by Crippen LogP contribution is -2.15. The summed E-state index contributed by atoms with van der Waals surface area (Å²) >= 11 is 0. The quantitative estimate of drug-likeness (QED) is 0.843. The van der Waals surface area contributed by atoms with E-state index < -0.39 is 15.1 Å². The summed E-state index contributed by atoms with van der Waals surface area (Å²) in [7, 11) is -3.41. The van der Waals surface area contributed by atoms with Crippen molar-refractivity contribution in [1.82, 2.24) is 10.2 Å². The largest absolute Gasteiger partial charge is 0.424 e. The van der Waals surface area contributed by atoms with Crippen LogP contribution >= 0.6 is 0 Å². The predicted molar refractivity (Wildman–Crippen MR) is 85.1 cm³/mol. The molecule has 1 atom stereocenters. The zero-order valence-electron chi connectivity index (χ0n) is 13.4. The molecule has 5 nitrogen and oxygen atoms in total. The third-order valence-corrected chi connectivity index (χ3v) is 5.53. The molecule has 0 radical (unpaired) electrons. The lowest BCUT2D eigenvalue weighted by atomic mass is 9.97. The van der Waals surface area contributed by atoms with E-state index in [1.54, 1.807) is 0 Å². The molecule has 0 saturated heterocycles. The Morgan fingerprint density at radius 3 is 2.27 bits per heavy atom. The molecule has 0 spiro atoms. The van der Waals surface area contributed by atoms with Crippen LogP contribution in [-0.2, 0) is 21.0 Å². The molecule has 0 aliphatic heterocycles. The smallest absolute Gasteiger partial charge is 0.231 e. The molecule has 6 heteroatoms. The zero-order valence-corrected chi connectivity index (χ0v) is 14.2. The molecule has 0 fully saturated rings. The summed E-state index contributed by atoms with van der Waals surface area (Å²) in [6.07, 6.45) is 0.507. The normalized spacial score (nSPS) is 14.0. The van der Waals surface area contributed by atoms with Gasteiger partial charge in [0.1, 0.15) is 5.75 Å². The fraction of sp³-hybridized carbons (Fsp3) is 0.500. The van der Waals surface area contributed by atoms with Gasteiger partial charge in [0, 0.05) is 5.41 Å². The van der Waals surface area contributed by atoms with Crippen LogP contribution in [0.5, 0.6) is 0 Å². The lowest BCUT2D eigenvalue weighted by molar-refractivity contribution is 0.377. The van der Waals surface area contributed by atoms with E-state index in [1.165, 1.54) is 0 Å². The Morgan fingerprint density at radius 1 is 1.14 bits per heavy atom. The Morgan fingerprint density at radius 2 is 1.77 bits per heavy atom. The van der Waals surface area contributed by atoms with Crippen LogP contribution in [0.3, 0.4) is 0 Å². The van der Waals surface area contributed by atoms with E-state index in [4.69, 9.17) is 4.42 Å². The van der Waals surface area contributed by atoms with Crippen LogP contribution < -0.4 is 0 Å². The first-order valence-corrected chi connectivity index (χ1v) is 9.05. The fourth-order valence-corrected chi connectivity index (χ4v) is 3.99. The first-order valence-electron chi connectivity index (χ1n) is 7.33. The summed E-state index contributed by atoms with van der Waals surface area (Å²) in [5.74, 6) is 0.369. The van der Waals surface area contributed by atoms with Crippen molar-refractivity contribution in [2.45, 2.75) is 50.5 Å². The van der Waals surface area contributed by atoms with E-state index in [9.17, 15) is 8.42 Å². The average molecular weight is 322 g/mol. The molecule has 22 heavy (non-hydrogen) atoms.